The van der Waals surface area contributed by atoms with E-state index in [1.165, 1.54) is 0 Å². The number of benzene rings is 2. The molecule has 0 atom stereocenters. The van der Waals surface area contributed by atoms with E-state index in [1.807, 2.05) is 36.4 Å². The van der Waals surface area contributed by atoms with Gasteiger partial charge in [-0.25, -0.2) is 0 Å². The normalized spacial score (nSPS) is 9.81. The number of nitrogens with one attached hydrogen (secondary N) is 3. The minimum Gasteiger partial charge on any atom is -0.355 e. The number of aromatic amines is 1. The van der Waals surface area contributed by atoms with Crippen LogP contribution in [-0.2, 0) is 0 Å². The van der Waals surface area contributed by atoms with Gasteiger partial charge in [-0.05, 0) is 18.2 Å². The van der Waals surface area contributed by atoms with Gasteiger partial charge in [0.05, 0.1) is 17.8 Å². The van der Waals surface area contributed by atoms with E-state index in [2.05, 4.69) is 32.7 Å². The van der Waals surface area contributed by atoms with Crippen molar-refractivity contribution >= 4 is 11.8 Å². The van der Waals surface area contributed by atoms with E-state index in [1.54, 1.807) is 31.3 Å². The van der Waals surface area contributed by atoms with Gasteiger partial charge in [0.15, 0.2) is 0 Å². The van der Waals surface area contributed by atoms with Crippen LogP contribution >= 0.6 is 0 Å². The summed E-state index contributed by atoms with van der Waals surface area (Å²) >= 11 is 0. The van der Waals surface area contributed by atoms with Crippen molar-refractivity contribution in [1.29, 1.82) is 0 Å². The molecule has 27 heavy (non-hydrogen) atoms. The van der Waals surface area contributed by atoms with Crippen LogP contribution in [0.4, 0.5) is 0 Å². The summed E-state index contributed by atoms with van der Waals surface area (Å²) in [7, 11) is 1.57. The molecule has 3 rings (SSSR count). The molecule has 0 aliphatic carbocycles. The van der Waals surface area contributed by atoms with E-state index in [9.17, 15) is 9.59 Å². The summed E-state index contributed by atoms with van der Waals surface area (Å²) in [5.74, 6) is 5.29. The first kappa shape index (κ1) is 18.0. The second-order valence-electron chi connectivity index (χ2n) is 5.64. The lowest BCUT2D eigenvalue weighted by molar-refractivity contribution is 0.0948. The Morgan fingerprint density at radius 3 is 2.56 bits per heavy atom. The number of hydrogen-bond acceptors (Lipinski definition) is 3. The Morgan fingerprint density at radius 2 is 1.78 bits per heavy atom. The van der Waals surface area contributed by atoms with Crippen LogP contribution in [0.1, 0.15) is 26.4 Å². The molecule has 3 N–H and O–H groups in total. The molecule has 0 unspecified atom stereocenters. The molecule has 0 fully saturated rings. The molecular formula is C21H18N4O2. The van der Waals surface area contributed by atoms with E-state index in [0.29, 0.717) is 22.5 Å². The maximum Gasteiger partial charge on any atom is 0.270 e. The molecule has 134 valence electrons. The zero-order chi connectivity index (χ0) is 19.1. The van der Waals surface area contributed by atoms with Gasteiger partial charge in [0.1, 0.15) is 5.69 Å². The Labute approximate surface area is 157 Å². The standard InChI is InChI=1S/C21H18N4O2/c1-22-20(26)17-12-6-5-8-15(17)11-7-13-23-21(27)19-14-18(24-25-19)16-9-3-2-4-10-16/h2-6,8-10,12,14H,13H2,1H3,(H,22,26)(H,23,27)(H,24,25). The Bertz CT molecular complexity index is 1010. The first-order chi connectivity index (χ1) is 13.2. The lowest BCUT2D eigenvalue weighted by atomic mass is 10.1. The highest BCUT2D eigenvalue weighted by atomic mass is 16.2. The van der Waals surface area contributed by atoms with Gasteiger partial charge in [-0.15, -0.1) is 0 Å². The number of hydrogen-bond donors (Lipinski definition) is 3. The van der Waals surface area contributed by atoms with Gasteiger partial charge in [0.2, 0.25) is 0 Å². The topological polar surface area (TPSA) is 86.9 Å². The highest BCUT2D eigenvalue weighted by molar-refractivity contribution is 5.96. The quantitative estimate of drug-likeness (QED) is 0.625. The lowest BCUT2D eigenvalue weighted by Gasteiger charge is -2.02. The van der Waals surface area contributed by atoms with Gasteiger partial charge < -0.3 is 10.6 Å². The van der Waals surface area contributed by atoms with Gasteiger partial charge in [-0.1, -0.05) is 54.3 Å². The van der Waals surface area contributed by atoms with Crippen LogP contribution in [0.25, 0.3) is 11.3 Å². The van der Waals surface area contributed by atoms with Gasteiger partial charge in [0.25, 0.3) is 11.8 Å². The predicted octanol–water partition coefficient (Wildman–Crippen LogP) is 2.22. The number of carbonyl (C=O) groups excluding carboxylic acids is 2. The van der Waals surface area contributed by atoms with Crippen molar-refractivity contribution in [2.45, 2.75) is 0 Å². The molecule has 1 heterocycles. The van der Waals surface area contributed by atoms with Crippen molar-refractivity contribution in [2.24, 2.45) is 0 Å². The first-order valence-electron chi connectivity index (χ1n) is 8.38. The van der Waals surface area contributed by atoms with Crippen molar-refractivity contribution in [3.05, 3.63) is 77.5 Å². The van der Waals surface area contributed by atoms with Crippen LogP contribution in [0.3, 0.4) is 0 Å². The van der Waals surface area contributed by atoms with E-state index >= 15 is 0 Å². The fourth-order valence-corrected chi connectivity index (χ4v) is 2.48. The second-order valence-corrected chi connectivity index (χ2v) is 5.64. The molecule has 2 amide bonds. The summed E-state index contributed by atoms with van der Waals surface area (Å²) in [4.78, 5) is 24.0. The highest BCUT2D eigenvalue weighted by Gasteiger charge is 2.10. The molecule has 0 spiro atoms. The molecule has 6 nitrogen and oxygen atoms in total. The predicted molar refractivity (Wildman–Crippen MR) is 103 cm³/mol. The average Bonchev–Trinajstić information content (AvgIpc) is 3.22. The molecular weight excluding hydrogens is 340 g/mol. The van der Waals surface area contributed by atoms with Crippen molar-refractivity contribution < 1.29 is 9.59 Å². The second kappa shape index (κ2) is 8.50. The third-order valence-electron chi connectivity index (χ3n) is 3.85. The Kier molecular flexibility index (Phi) is 5.65. The van der Waals surface area contributed by atoms with Crippen molar-refractivity contribution in [3.8, 4) is 23.1 Å². The molecule has 6 heteroatoms. The third-order valence-corrected chi connectivity index (χ3v) is 3.85. The SMILES string of the molecule is CNC(=O)c1ccccc1C#CCNC(=O)c1cc(-c2ccccc2)n[nH]1. The van der Waals surface area contributed by atoms with E-state index < -0.39 is 0 Å². The minimum atomic E-state index is -0.293. The zero-order valence-corrected chi connectivity index (χ0v) is 14.7. The van der Waals surface area contributed by atoms with Gasteiger partial charge in [-0.3, -0.25) is 14.7 Å². The summed E-state index contributed by atoms with van der Waals surface area (Å²) in [6, 6.07) is 18.3. The third kappa shape index (κ3) is 4.41. The summed E-state index contributed by atoms with van der Waals surface area (Å²) in [6.07, 6.45) is 0. The van der Waals surface area contributed by atoms with Crippen LogP contribution in [-0.4, -0.2) is 35.6 Å². The molecule has 1 aromatic heterocycles. The van der Waals surface area contributed by atoms with Crippen LogP contribution in [0.5, 0.6) is 0 Å². The van der Waals surface area contributed by atoms with Crippen molar-refractivity contribution in [2.75, 3.05) is 13.6 Å². The lowest BCUT2D eigenvalue weighted by Crippen LogP contribution is -2.24. The van der Waals surface area contributed by atoms with Crippen LogP contribution < -0.4 is 10.6 Å². The highest BCUT2D eigenvalue weighted by Crippen LogP contribution is 2.16. The number of aromatic nitrogens is 2. The van der Waals surface area contributed by atoms with Crippen LogP contribution in [0, 0.1) is 11.8 Å². The maximum absolute atomic E-state index is 12.2. The smallest absolute Gasteiger partial charge is 0.270 e. The van der Waals surface area contributed by atoms with Crippen molar-refractivity contribution in [3.63, 3.8) is 0 Å². The molecule has 0 aliphatic rings. The summed E-state index contributed by atoms with van der Waals surface area (Å²) in [5.41, 5.74) is 3.10. The summed E-state index contributed by atoms with van der Waals surface area (Å²) in [5, 5.41) is 12.2. The number of rotatable bonds is 4. The van der Waals surface area contributed by atoms with Gasteiger partial charge in [-0.2, -0.15) is 5.10 Å². The maximum atomic E-state index is 12.2. The number of amides is 2. The van der Waals surface area contributed by atoms with Crippen molar-refractivity contribution in [1.82, 2.24) is 20.8 Å². The molecule has 0 aliphatic heterocycles. The summed E-state index contributed by atoms with van der Waals surface area (Å²) in [6.45, 7) is 0.153. The molecule has 0 saturated carbocycles. The minimum absolute atomic E-state index is 0.153. The Balaban J connectivity index is 1.63. The van der Waals surface area contributed by atoms with E-state index in [-0.39, 0.29) is 18.4 Å². The van der Waals surface area contributed by atoms with Crippen LogP contribution in [0.2, 0.25) is 0 Å². The Hall–Kier alpha value is -3.85. The zero-order valence-electron chi connectivity index (χ0n) is 14.7. The summed E-state index contributed by atoms with van der Waals surface area (Å²) < 4.78 is 0. The number of H-pyrrole nitrogens is 1. The van der Waals surface area contributed by atoms with Crippen LogP contribution in [0.15, 0.2) is 60.7 Å². The number of carbonyl (C=O) groups is 2. The van der Waals surface area contributed by atoms with E-state index in [0.717, 1.165) is 5.56 Å². The molecule has 3 aromatic rings. The van der Waals surface area contributed by atoms with Gasteiger partial charge >= 0.3 is 0 Å². The fourth-order valence-electron chi connectivity index (χ4n) is 2.48. The monoisotopic (exact) mass is 358 g/mol. The van der Waals surface area contributed by atoms with Gasteiger partial charge in [0, 0.05) is 18.2 Å². The first-order valence-corrected chi connectivity index (χ1v) is 8.38. The molecule has 2 aromatic carbocycles. The van der Waals surface area contributed by atoms with E-state index in [4.69, 9.17) is 0 Å². The molecule has 0 radical (unpaired) electrons. The molecule has 0 bridgehead atoms. The fraction of sp³-hybridized carbons (Fsp3) is 0.0952. The Morgan fingerprint density at radius 1 is 1.04 bits per heavy atom. The number of nitrogens with zero attached hydrogens (tertiary/aromatic N) is 1. The largest absolute Gasteiger partial charge is 0.355 e. The average molecular weight is 358 g/mol. The molecule has 0 saturated heterocycles.